The number of esters is 1. The Hall–Kier alpha value is -3.87. The van der Waals surface area contributed by atoms with E-state index in [2.05, 4.69) is 0 Å². The summed E-state index contributed by atoms with van der Waals surface area (Å²) in [4.78, 5) is 62.4. The molecule has 2 aromatic carbocycles. The molecule has 2 aliphatic rings. The number of hydrogen-bond donors (Lipinski definition) is 1. The number of carbonyl (C=O) groups is 1. The fraction of sp³-hybridized carbons (Fsp3) is 0.0500. The highest BCUT2D eigenvalue weighted by molar-refractivity contribution is 5.90. The van der Waals surface area contributed by atoms with Gasteiger partial charge in [0, 0.05) is 23.1 Å². The van der Waals surface area contributed by atoms with Gasteiger partial charge in [0.25, 0.3) is 0 Å². The van der Waals surface area contributed by atoms with E-state index in [0.717, 1.165) is 0 Å². The molecule has 27 heavy (non-hydrogen) atoms. The molecule has 0 aliphatic heterocycles. The van der Waals surface area contributed by atoms with Gasteiger partial charge in [0.15, 0.2) is 16.3 Å². The maximum Gasteiger partial charge on any atom is 0.308 e. The zero-order valence-corrected chi connectivity index (χ0v) is 13.9. The van der Waals surface area contributed by atoms with Crippen molar-refractivity contribution in [2.24, 2.45) is 0 Å². The highest BCUT2D eigenvalue weighted by Crippen LogP contribution is 2.19. The standard InChI is InChI=1S/C20H10O7/c1-8(21)27-9-5-6-10-12(7-9)19(25)15-16(17(10)23)20(26)14-11(18(15)24)3-2-4-13(14)22/h2-7,22H,1H3. The molecule has 0 saturated heterocycles. The molecule has 7 nitrogen and oxygen atoms in total. The molecule has 4 rings (SSSR count). The molecule has 0 fully saturated rings. The summed E-state index contributed by atoms with van der Waals surface area (Å²) in [6.07, 6.45) is 0. The van der Waals surface area contributed by atoms with Crippen LogP contribution in [0.2, 0.25) is 0 Å². The minimum Gasteiger partial charge on any atom is -0.507 e. The molecule has 0 bridgehead atoms. The van der Waals surface area contributed by atoms with E-state index in [1.165, 1.54) is 43.3 Å². The molecule has 0 aromatic heterocycles. The number of hydrogen-bond acceptors (Lipinski definition) is 7. The Kier molecular flexibility index (Phi) is 3.42. The lowest BCUT2D eigenvalue weighted by molar-refractivity contribution is -0.131. The van der Waals surface area contributed by atoms with Gasteiger partial charge in [0.1, 0.15) is 11.5 Å². The van der Waals surface area contributed by atoms with Gasteiger partial charge in [0.05, 0.1) is 15.8 Å². The molecular weight excluding hydrogens is 352 g/mol. The van der Waals surface area contributed by atoms with Crippen molar-refractivity contribution >= 4 is 27.5 Å². The van der Waals surface area contributed by atoms with E-state index in [1.54, 1.807) is 0 Å². The van der Waals surface area contributed by atoms with Gasteiger partial charge in [-0.15, -0.1) is 0 Å². The van der Waals surface area contributed by atoms with Crippen LogP contribution >= 0.6 is 0 Å². The SMILES string of the molecule is CC(=O)Oc1ccc2c(=O)c3c(=O)c4c(O)cccc4c(=O)c=3c(=O)c2c1. The van der Waals surface area contributed by atoms with Crippen LogP contribution in [0.5, 0.6) is 11.5 Å². The number of phenols is 1. The third-order valence-corrected chi connectivity index (χ3v) is 4.41. The number of rotatable bonds is 1. The van der Waals surface area contributed by atoms with Crippen LogP contribution in [-0.2, 0) is 4.79 Å². The fourth-order valence-corrected chi connectivity index (χ4v) is 3.30. The van der Waals surface area contributed by atoms with Crippen molar-refractivity contribution in [1.29, 1.82) is 0 Å². The van der Waals surface area contributed by atoms with Crippen molar-refractivity contribution in [3.8, 4) is 11.5 Å². The van der Waals surface area contributed by atoms with E-state index in [4.69, 9.17) is 4.74 Å². The van der Waals surface area contributed by atoms with E-state index in [-0.39, 0.29) is 27.3 Å². The Labute approximate surface area is 149 Å². The second-order valence-corrected chi connectivity index (χ2v) is 6.07. The Morgan fingerprint density at radius 3 is 2.15 bits per heavy atom. The van der Waals surface area contributed by atoms with Crippen LogP contribution in [0.3, 0.4) is 0 Å². The van der Waals surface area contributed by atoms with Crippen LogP contribution < -0.4 is 26.5 Å². The molecule has 0 spiro atoms. The van der Waals surface area contributed by atoms with Gasteiger partial charge in [-0.25, -0.2) is 0 Å². The first kappa shape index (κ1) is 16.6. The van der Waals surface area contributed by atoms with Crippen molar-refractivity contribution in [2.45, 2.75) is 6.92 Å². The first-order valence-corrected chi connectivity index (χ1v) is 7.88. The minimum absolute atomic E-state index is 0.0408. The average Bonchev–Trinajstić information content (AvgIpc) is 2.62. The number of aromatic hydroxyl groups is 1. The second-order valence-electron chi connectivity index (χ2n) is 6.07. The van der Waals surface area contributed by atoms with E-state index in [1.807, 2.05) is 0 Å². The number of benzene rings is 2. The van der Waals surface area contributed by atoms with E-state index < -0.39 is 43.9 Å². The lowest BCUT2D eigenvalue weighted by Gasteiger charge is -2.04. The second kappa shape index (κ2) is 5.57. The fourth-order valence-electron chi connectivity index (χ4n) is 3.30. The first-order chi connectivity index (χ1) is 12.8. The molecular formula is C20H10O7. The Morgan fingerprint density at radius 1 is 0.815 bits per heavy atom. The summed E-state index contributed by atoms with van der Waals surface area (Å²) in [5.74, 6) is -1.01. The Bertz CT molecular complexity index is 1560. The van der Waals surface area contributed by atoms with E-state index in [9.17, 15) is 29.1 Å². The third kappa shape index (κ3) is 2.25. The summed E-state index contributed by atoms with van der Waals surface area (Å²) in [7, 11) is 0. The molecule has 0 heterocycles. The topological polar surface area (TPSA) is 115 Å². The molecule has 2 aliphatic carbocycles. The predicted octanol–water partition coefficient (Wildman–Crippen LogP) is 0.665. The summed E-state index contributed by atoms with van der Waals surface area (Å²) >= 11 is 0. The highest BCUT2D eigenvalue weighted by Gasteiger charge is 2.18. The van der Waals surface area contributed by atoms with Gasteiger partial charge in [-0.2, -0.15) is 0 Å². The molecule has 1 N–H and O–H groups in total. The van der Waals surface area contributed by atoms with Crippen LogP contribution in [0.1, 0.15) is 6.92 Å². The summed E-state index contributed by atoms with van der Waals surface area (Å²) in [6.45, 7) is 1.18. The van der Waals surface area contributed by atoms with Crippen molar-refractivity contribution in [3.05, 3.63) is 87.7 Å². The van der Waals surface area contributed by atoms with Crippen LogP contribution in [0.15, 0.2) is 55.6 Å². The highest BCUT2D eigenvalue weighted by atomic mass is 16.5. The normalized spacial score (nSPS) is 11.3. The molecule has 0 radical (unpaired) electrons. The molecule has 0 saturated carbocycles. The van der Waals surface area contributed by atoms with Gasteiger partial charge in [0.2, 0.25) is 5.43 Å². The minimum atomic E-state index is -0.870. The largest absolute Gasteiger partial charge is 0.507 e. The third-order valence-electron chi connectivity index (χ3n) is 4.41. The monoisotopic (exact) mass is 362 g/mol. The lowest BCUT2D eigenvalue weighted by Crippen LogP contribution is -2.29. The van der Waals surface area contributed by atoms with E-state index >= 15 is 0 Å². The molecule has 132 valence electrons. The number of fused-ring (bicyclic) bond motifs is 2. The van der Waals surface area contributed by atoms with Gasteiger partial charge in [-0.3, -0.25) is 24.0 Å². The Balaban J connectivity index is 2.37. The smallest absolute Gasteiger partial charge is 0.308 e. The number of ether oxygens (including phenoxy) is 1. The number of carbonyl (C=O) groups excluding carboxylic acids is 1. The number of phenolic OH excluding ortho intramolecular Hbond substituents is 1. The summed E-state index contributed by atoms with van der Waals surface area (Å²) in [6, 6.07) is 7.67. The molecule has 0 atom stereocenters. The molecule has 0 amide bonds. The maximum absolute atomic E-state index is 12.9. The first-order valence-electron chi connectivity index (χ1n) is 7.88. The van der Waals surface area contributed by atoms with Crippen LogP contribution in [0.25, 0.3) is 21.5 Å². The van der Waals surface area contributed by atoms with Gasteiger partial charge in [-0.1, -0.05) is 12.1 Å². The van der Waals surface area contributed by atoms with Crippen molar-refractivity contribution in [3.63, 3.8) is 0 Å². The summed E-state index contributed by atoms with van der Waals surface area (Å²) in [5.41, 5.74) is -3.27. The zero-order valence-electron chi connectivity index (χ0n) is 13.9. The zero-order chi connectivity index (χ0) is 19.5. The van der Waals surface area contributed by atoms with Crippen LogP contribution in [0, 0.1) is 10.4 Å². The van der Waals surface area contributed by atoms with E-state index in [0.29, 0.717) is 0 Å². The Morgan fingerprint density at radius 2 is 1.44 bits per heavy atom. The molecule has 0 unspecified atom stereocenters. The van der Waals surface area contributed by atoms with Gasteiger partial charge in [-0.05, 0) is 24.3 Å². The summed E-state index contributed by atoms with van der Waals surface area (Å²) in [5, 5.41) is 8.25. The van der Waals surface area contributed by atoms with Crippen molar-refractivity contribution in [2.75, 3.05) is 0 Å². The van der Waals surface area contributed by atoms with Crippen molar-refractivity contribution in [1.82, 2.24) is 0 Å². The van der Waals surface area contributed by atoms with Crippen LogP contribution in [0.4, 0.5) is 0 Å². The van der Waals surface area contributed by atoms with Gasteiger partial charge < -0.3 is 9.84 Å². The molecule has 2 aromatic rings. The van der Waals surface area contributed by atoms with Gasteiger partial charge >= 0.3 is 5.97 Å². The lowest BCUT2D eigenvalue weighted by atomic mass is 9.99. The quantitative estimate of drug-likeness (QED) is 0.391. The summed E-state index contributed by atoms with van der Waals surface area (Å²) < 4.78 is 4.92. The molecule has 7 heteroatoms. The predicted molar refractivity (Wildman–Crippen MR) is 97.2 cm³/mol. The van der Waals surface area contributed by atoms with Crippen molar-refractivity contribution < 1.29 is 14.6 Å². The van der Waals surface area contributed by atoms with Crippen LogP contribution in [-0.4, -0.2) is 11.1 Å². The maximum atomic E-state index is 12.9. The average molecular weight is 362 g/mol.